The van der Waals surface area contributed by atoms with Crippen LogP contribution < -0.4 is 0 Å². The van der Waals surface area contributed by atoms with Crippen molar-refractivity contribution in [1.82, 2.24) is 0 Å². The van der Waals surface area contributed by atoms with E-state index in [4.69, 9.17) is 15.3 Å². The van der Waals surface area contributed by atoms with Crippen LogP contribution >= 0.6 is 0 Å². The van der Waals surface area contributed by atoms with Crippen molar-refractivity contribution < 1.29 is 45.6 Å². The summed E-state index contributed by atoms with van der Waals surface area (Å²) in [7, 11) is 0. The van der Waals surface area contributed by atoms with Crippen LogP contribution in [0.2, 0.25) is 0 Å². The zero-order valence-corrected chi connectivity index (χ0v) is 9.31. The van der Waals surface area contributed by atoms with E-state index in [-0.39, 0.29) is 0 Å². The Morgan fingerprint density at radius 2 is 1.44 bits per heavy atom. The molecule has 1 aliphatic rings. The second-order valence-corrected chi connectivity index (χ2v) is 4.19. The summed E-state index contributed by atoms with van der Waals surface area (Å²) in [4.78, 5) is 0. The lowest BCUT2D eigenvalue weighted by Gasteiger charge is -2.29. The van der Waals surface area contributed by atoms with Gasteiger partial charge in [0, 0.05) is 0 Å². The van der Waals surface area contributed by atoms with Gasteiger partial charge in [0.15, 0.2) is 6.29 Å². The Morgan fingerprint density at radius 1 is 0.889 bits per heavy atom. The topological polar surface area (TPSA) is 171 Å². The van der Waals surface area contributed by atoms with Gasteiger partial charge in [-0.15, -0.1) is 0 Å². The van der Waals surface area contributed by atoms with Crippen LogP contribution in [0.3, 0.4) is 0 Å². The summed E-state index contributed by atoms with van der Waals surface area (Å²) in [5.74, 6) is 0. The van der Waals surface area contributed by atoms with Crippen LogP contribution in [0, 0.1) is 0 Å². The largest absolute Gasteiger partial charge is 0.394 e. The van der Waals surface area contributed by atoms with E-state index in [9.17, 15) is 25.5 Å². The molecule has 108 valence electrons. The molecular weight excluding hydrogens is 252 g/mol. The van der Waals surface area contributed by atoms with E-state index >= 15 is 0 Å². The normalized spacial score (nSPS) is 39.3. The summed E-state index contributed by atoms with van der Waals surface area (Å²) in [6.45, 7) is -0.843. The smallest absolute Gasteiger partial charge is 0.184 e. The van der Waals surface area contributed by atoms with Crippen LogP contribution in [0.25, 0.3) is 0 Å². The van der Waals surface area contributed by atoms with Crippen molar-refractivity contribution in [3.8, 4) is 0 Å². The first-order valence-corrected chi connectivity index (χ1v) is 5.34. The lowest BCUT2D eigenvalue weighted by atomic mass is 9.96. The zero-order valence-electron chi connectivity index (χ0n) is 9.31. The van der Waals surface area contributed by atoms with Gasteiger partial charge in [0.25, 0.3) is 0 Å². The van der Waals surface area contributed by atoms with E-state index in [0.29, 0.717) is 0 Å². The minimum atomic E-state index is -1.94. The van der Waals surface area contributed by atoms with E-state index in [1.807, 2.05) is 0 Å². The fraction of sp³-hybridized carbons (Fsp3) is 1.00. The predicted octanol–water partition coefficient (Wildman–Crippen LogP) is -5.14. The number of hydrogen-bond donors (Lipinski definition) is 8. The number of aliphatic hydroxyl groups is 8. The number of aliphatic hydroxyl groups excluding tert-OH is 8. The quantitative estimate of drug-likeness (QED) is 0.243. The first-order chi connectivity index (χ1) is 8.31. The molecule has 0 aromatic carbocycles. The molecule has 8 N–H and O–H groups in total. The molecule has 0 bridgehead atoms. The van der Waals surface area contributed by atoms with Gasteiger partial charge in [0.05, 0.1) is 6.61 Å². The van der Waals surface area contributed by atoms with Crippen molar-refractivity contribution in [3.63, 3.8) is 0 Å². The van der Waals surface area contributed by atoms with E-state index in [0.717, 1.165) is 0 Å². The highest BCUT2D eigenvalue weighted by Gasteiger charge is 2.48. The van der Waals surface area contributed by atoms with Crippen molar-refractivity contribution in [2.75, 3.05) is 6.61 Å². The molecule has 8 unspecified atom stereocenters. The van der Waals surface area contributed by atoms with Crippen LogP contribution in [-0.2, 0) is 4.74 Å². The summed E-state index contributed by atoms with van der Waals surface area (Å²) >= 11 is 0. The molecule has 0 spiro atoms. The molecule has 9 heteroatoms. The van der Waals surface area contributed by atoms with Crippen LogP contribution in [0.5, 0.6) is 0 Å². The Labute approximate surface area is 102 Å². The average molecular weight is 270 g/mol. The minimum Gasteiger partial charge on any atom is -0.394 e. The summed E-state index contributed by atoms with van der Waals surface area (Å²) in [6.07, 6.45) is -14.0. The van der Waals surface area contributed by atoms with Gasteiger partial charge in [-0.2, -0.15) is 0 Å². The Bertz CT molecular complexity index is 262. The Balaban J connectivity index is 2.67. The average Bonchev–Trinajstić information content (AvgIpc) is 2.62. The van der Waals surface area contributed by atoms with Crippen LogP contribution in [0.15, 0.2) is 0 Å². The first kappa shape index (κ1) is 15.7. The van der Waals surface area contributed by atoms with Gasteiger partial charge in [-0.3, -0.25) is 0 Å². The highest BCUT2D eigenvalue weighted by molar-refractivity contribution is 4.95. The maximum absolute atomic E-state index is 9.63. The molecule has 1 heterocycles. The van der Waals surface area contributed by atoms with Crippen molar-refractivity contribution >= 4 is 0 Å². The molecular formula is C9H18O9. The second-order valence-electron chi connectivity index (χ2n) is 4.19. The van der Waals surface area contributed by atoms with Gasteiger partial charge >= 0.3 is 0 Å². The highest BCUT2D eigenvalue weighted by Crippen LogP contribution is 2.24. The third kappa shape index (κ3) is 2.96. The maximum Gasteiger partial charge on any atom is 0.184 e. The summed E-state index contributed by atoms with van der Waals surface area (Å²) in [6, 6.07) is 0. The molecule has 0 aromatic heterocycles. The molecule has 18 heavy (non-hydrogen) atoms. The Morgan fingerprint density at radius 3 is 1.83 bits per heavy atom. The van der Waals surface area contributed by atoms with Crippen molar-refractivity contribution in [3.05, 3.63) is 0 Å². The van der Waals surface area contributed by atoms with Gasteiger partial charge in [0.2, 0.25) is 0 Å². The molecule has 1 saturated heterocycles. The van der Waals surface area contributed by atoms with Gasteiger partial charge in [-0.05, 0) is 0 Å². The second kappa shape index (κ2) is 6.19. The summed E-state index contributed by atoms with van der Waals surface area (Å²) in [5, 5.41) is 73.9. The maximum atomic E-state index is 9.63. The lowest BCUT2D eigenvalue weighted by molar-refractivity contribution is -0.182. The molecule has 1 aliphatic heterocycles. The fourth-order valence-corrected chi connectivity index (χ4v) is 1.70. The molecule has 8 atom stereocenters. The predicted molar refractivity (Wildman–Crippen MR) is 54.0 cm³/mol. The minimum absolute atomic E-state index is 0.843. The molecule has 1 fully saturated rings. The molecule has 0 saturated carbocycles. The van der Waals surface area contributed by atoms with Gasteiger partial charge in [0.1, 0.15) is 42.7 Å². The Kier molecular flexibility index (Phi) is 5.40. The Hall–Kier alpha value is -0.360. The lowest BCUT2D eigenvalue weighted by Crippen LogP contribution is -2.52. The molecule has 1 rings (SSSR count). The number of ether oxygens (including phenoxy) is 1. The van der Waals surface area contributed by atoms with Crippen LogP contribution in [-0.4, -0.2) is 96.5 Å². The van der Waals surface area contributed by atoms with Crippen molar-refractivity contribution in [1.29, 1.82) is 0 Å². The van der Waals surface area contributed by atoms with E-state index in [2.05, 4.69) is 4.74 Å². The van der Waals surface area contributed by atoms with Gasteiger partial charge in [-0.25, -0.2) is 0 Å². The fourth-order valence-electron chi connectivity index (χ4n) is 1.70. The van der Waals surface area contributed by atoms with Crippen molar-refractivity contribution in [2.45, 2.75) is 49.0 Å². The highest BCUT2D eigenvalue weighted by atomic mass is 16.6. The molecule has 0 aromatic rings. The SMILES string of the molecule is OCC(O)C(O)C(O)C(O)C1OC(O)C(O)C1O. The van der Waals surface area contributed by atoms with E-state index in [1.165, 1.54) is 0 Å². The summed E-state index contributed by atoms with van der Waals surface area (Å²) < 4.78 is 4.62. The molecule has 0 aliphatic carbocycles. The van der Waals surface area contributed by atoms with Crippen molar-refractivity contribution in [2.24, 2.45) is 0 Å². The third-order valence-corrected chi connectivity index (χ3v) is 2.89. The molecule has 9 nitrogen and oxygen atoms in total. The summed E-state index contributed by atoms with van der Waals surface area (Å²) in [5.41, 5.74) is 0. The van der Waals surface area contributed by atoms with Crippen LogP contribution in [0.4, 0.5) is 0 Å². The molecule has 0 amide bonds. The zero-order chi connectivity index (χ0) is 14.0. The third-order valence-electron chi connectivity index (χ3n) is 2.89. The molecule has 0 radical (unpaired) electrons. The standard InChI is InChI=1S/C9H18O9/c10-1-2(11)3(12)4(13)5(14)8-6(15)7(16)9(17)18-8/h2-17H,1H2. The monoisotopic (exact) mass is 270 g/mol. The first-order valence-electron chi connectivity index (χ1n) is 5.34. The van der Waals surface area contributed by atoms with E-state index in [1.54, 1.807) is 0 Å². The van der Waals surface area contributed by atoms with Crippen LogP contribution in [0.1, 0.15) is 0 Å². The number of hydrogen-bond acceptors (Lipinski definition) is 9. The van der Waals surface area contributed by atoms with E-state index < -0.39 is 55.6 Å². The van der Waals surface area contributed by atoms with Gasteiger partial charge in [-0.1, -0.05) is 0 Å². The number of rotatable bonds is 5. The van der Waals surface area contributed by atoms with Gasteiger partial charge < -0.3 is 45.6 Å².